The Kier molecular flexibility index (Phi) is 3.17. The van der Waals surface area contributed by atoms with Crippen molar-refractivity contribution in [1.82, 2.24) is 4.98 Å². The highest BCUT2D eigenvalue weighted by Crippen LogP contribution is 2.28. The molecule has 0 aliphatic carbocycles. The minimum atomic E-state index is 0.0763. The Bertz CT molecular complexity index is 612. The molecule has 98 valence electrons. The number of carbonyl (C=O) groups is 1. The summed E-state index contributed by atoms with van der Waals surface area (Å²) in [6, 6.07) is 9.71. The summed E-state index contributed by atoms with van der Waals surface area (Å²) in [7, 11) is 0. The number of aldehydes is 1. The van der Waals surface area contributed by atoms with E-state index in [9.17, 15) is 9.90 Å². The average Bonchev–Trinajstić information content (AvgIpc) is 2.94. The Morgan fingerprint density at radius 1 is 1.42 bits per heavy atom. The summed E-state index contributed by atoms with van der Waals surface area (Å²) in [6.45, 7) is 0.949. The molecular formula is C15H16N2O2. The van der Waals surface area contributed by atoms with Crippen molar-refractivity contribution in [3.8, 4) is 0 Å². The first kappa shape index (κ1) is 12.1. The van der Waals surface area contributed by atoms with Crippen LogP contribution in [0.5, 0.6) is 0 Å². The van der Waals surface area contributed by atoms with Crippen LogP contribution >= 0.6 is 0 Å². The Hall–Kier alpha value is -1.94. The number of fused-ring (bicyclic) bond motifs is 1. The first-order valence-electron chi connectivity index (χ1n) is 6.56. The zero-order valence-corrected chi connectivity index (χ0v) is 10.6. The lowest BCUT2D eigenvalue weighted by atomic mass is 10.1. The highest BCUT2D eigenvalue weighted by atomic mass is 16.3. The molecule has 1 aromatic carbocycles. The standard InChI is InChI=1S/C15H16N2O2/c18-9-12-8-11-4-1-2-6-14(11)16-15(12)17-7-3-5-13(17)10-19/h1-2,4,6,8-9,13,19H,3,5,7,10H2. The van der Waals surface area contributed by atoms with Gasteiger partial charge in [0, 0.05) is 11.9 Å². The number of aliphatic hydroxyl groups excluding tert-OH is 1. The van der Waals surface area contributed by atoms with Crippen molar-refractivity contribution in [2.75, 3.05) is 18.1 Å². The monoisotopic (exact) mass is 256 g/mol. The van der Waals surface area contributed by atoms with Crippen LogP contribution in [0.1, 0.15) is 23.2 Å². The quantitative estimate of drug-likeness (QED) is 0.853. The van der Waals surface area contributed by atoms with Crippen LogP contribution in [0, 0.1) is 0 Å². The van der Waals surface area contributed by atoms with E-state index in [2.05, 4.69) is 9.88 Å². The van der Waals surface area contributed by atoms with Gasteiger partial charge in [-0.1, -0.05) is 18.2 Å². The Labute approximate surface area is 111 Å². The van der Waals surface area contributed by atoms with Crippen molar-refractivity contribution < 1.29 is 9.90 Å². The maximum absolute atomic E-state index is 11.3. The number of hydrogen-bond donors (Lipinski definition) is 1. The fourth-order valence-electron chi connectivity index (χ4n) is 2.74. The molecule has 1 aliphatic heterocycles. The van der Waals surface area contributed by atoms with Gasteiger partial charge in [-0.3, -0.25) is 4.79 Å². The van der Waals surface area contributed by atoms with Gasteiger partial charge in [-0.05, 0) is 25.0 Å². The van der Waals surface area contributed by atoms with E-state index in [4.69, 9.17) is 0 Å². The van der Waals surface area contributed by atoms with Crippen molar-refractivity contribution in [3.63, 3.8) is 0 Å². The number of anilines is 1. The molecule has 1 fully saturated rings. The smallest absolute Gasteiger partial charge is 0.153 e. The van der Waals surface area contributed by atoms with Gasteiger partial charge in [-0.25, -0.2) is 4.98 Å². The van der Waals surface area contributed by atoms with Gasteiger partial charge in [0.15, 0.2) is 6.29 Å². The van der Waals surface area contributed by atoms with Crippen molar-refractivity contribution in [2.24, 2.45) is 0 Å². The van der Waals surface area contributed by atoms with E-state index < -0.39 is 0 Å². The largest absolute Gasteiger partial charge is 0.394 e. The predicted octanol–water partition coefficient (Wildman–Crippen LogP) is 2.01. The molecule has 4 nitrogen and oxygen atoms in total. The molecule has 19 heavy (non-hydrogen) atoms. The highest BCUT2D eigenvalue weighted by molar-refractivity contribution is 5.91. The summed E-state index contributed by atoms with van der Waals surface area (Å²) in [6.07, 6.45) is 2.82. The molecule has 4 heteroatoms. The summed E-state index contributed by atoms with van der Waals surface area (Å²) in [5, 5.41) is 10.4. The number of rotatable bonds is 3. The van der Waals surface area contributed by atoms with Crippen LogP contribution in [0.4, 0.5) is 5.82 Å². The summed E-state index contributed by atoms with van der Waals surface area (Å²) < 4.78 is 0. The third kappa shape index (κ3) is 2.08. The number of aliphatic hydroxyl groups is 1. The summed E-state index contributed by atoms with van der Waals surface area (Å²) in [5.41, 5.74) is 1.48. The lowest BCUT2D eigenvalue weighted by Crippen LogP contribution is -2.33. The van der Waals surface area contributed by atoms with E-state index in [1.54, 1.807) is 0 Å². The molecule has 0 spiro atoms. The van der Waals surface area contributed by atoms with Crippen LogP contribution in [-0.4, -0.2) is 35.6 Å². The average molecular weight is 256 g/mol. The minimum absolute atomic E-state index is 0.0763. The van der Waals surface area contributed by atoms with Gasteiger partial charge in [0.1, 0.15) is 5.82 Å². The third-order valence-electron chi connectivity index (χ3n) is 3.72. The molecule has 1 aromatic heterocycles. The lowest BCUT2D eigenvalue weighted by molar-refractivity contribution is 0.112. The maximum Gasteiger partial charge on any atom is 0.153 e. The van der Waals surface area contributed by atoms with E-state index >= 15 is 0 Å². The van der Waals surface area contributed by atoms with Crippen molar-refractivity contribution in [3.05, 3.63) is 35.9 Å². The van der Waals surface area contributed by atoms with E-state index in [1.807, 2.05) is 30.3 Å². The van der Waals surface area contributed by atoms with Crippen LogP contribution in [0.2, 0.25) is 0 Å². The summed E-state index contributed by atoms with van der Waals surface area (Å²) in [5.74, 6) is 0.699. The second-order valence-electron chi connectivity index (χ2n) is 4.88. The highest BCUT2D eigenvalue weighted by Gasteiger charge is 2.26. The zero-order chi connectivity index (χ0) is 13.2. The number of nitrogens with zero attached hydrogens (tertiary/aromatic N) is 2. The number of aromatic nitrogens is 1. The second-order valence-corrected chi connectivity index (χ2v) is 4.88. The van der Waals surface area contributed by atoms with E-state index in [1.165, 1.54) is 0 Å². The van der Waals surface area contributed by atoms with Crippen LogP contribution in [0.25, 0.3) is 10.9 Å². The first-order chi connectivity index (χ1) is 9.33. The van der Waals surface area contributed by atoms with Gasteiger partial charge in [-0.15, -0.1) is 0 Å². The van der Waals surface area contributed by atoms with Crippen LogP contribution in [0.15, 0.2) is 30.3 Å². The van der Waals surface area contributed by atoms with Crippen LogP contribution < -0.4 is 4.90 Å². The fourth-order valence-corrected chi connectivity index (χ4v) is 2.74. The molecule has 2 aromatic rings. The van der Waals surface area contributed by atoms with Gasteiger partial charge in [0.05, 0.1) is 23.7 Å². The Morgan fingerprint density at radius 3 is 3.05 bits per heavy atom. The number of hydrogen-bond acceptors (Lipinski definition) is 4. The number of para-hydroxylation sites is 1. The molecule has 1 aliphatic rings. The van der Waals surface area contributed by atoms with Crippen LogP contribution in [0.3, 0.4) is 0 Å². The SMILES string of the molecule is O=Cc1cc2ccccc2nc1N1CCCC1CO. The van der Waals surface area contributed by atoms with E-state index in [-0.39, 0.29) is 12.6 Å². The van der Waals surface area contributed by atoms with Crippen molar-refractivity contribution in [1.29, 1.82) is 0 Å². The number of pyridine rings is 1. The van der Waals surface area contributed by atoms with Gasteiger partial charge in [-0.2, -0.15) is 0 Å². The molecule has 3 rings (SSSR count). The van der Waals surface area contributed by atoms with E-state index in [0.29, 0.717) is 11.4 Å². The lowest BCUT2D eigenvalue weighted by Gasteiger charge is -2.25. The zero-order valence-electron chi connectivity index (χ0n) is 10.6. The molecule has 0 saturated carbocycles. The number of carbonyl (C=O) groups excluding carboxylic acids is 1. The van der Waals surface area contributed by atoms with E-state index in [0.717, 1.165) is 36.6 Å². The normalized spacial score (nSPS) is 19.0. The molecule has 1 saturated heterocycles. The molecule has 2 heterocycles. The topological polar surface area (TPSA) is 53.4 Å². The Morgan fingerprint density at radius 2 is 2.26 bits per heavy atom. The molecule has 0 amide bonds. The third-order valence-corrected chi connectivity index (χ3v) is 3.72. The molecule has 0 bridgehead atoms. The van der Waals surface area contributed by atoms with Gasteiger partial charge >= 0.3 is 0 Å². The number of benzene rings is 1. The molecule has 1 atom stereocenters. The van der Waals surface area contributed by atoms with Crippen LogP contribution in [-0.2, 0) is 0 Å². The Balaban J connectivity index is 2.13. The van der Waals surface area contributed by atoms with Gasteiger partial charge < -0.3 is 10.0 Å². The molecule has 0 radical (unpaired) electrons. The molecule has 1 N–H and O–H groups in total. The first-order valence-corrected chi connectivity index (χ1v) is 6.56. The fraction of sp³-hybridized carbons (Fsp3) is 0.333. The van der Waals surface area contributed by atoms with Crippen molar-refractivity contribution in [2.45, 2.75) is 18.9 Å². The maximum atomic E-state index is 11.3. The summed E-state index contributed by atoms with van der Waals surface area (Å²) >= 11 is 0. The second kappa shape index (κ2) is 4.97. The molecular weight excluding hydrogens is 240 g/mol. The van der Waals surface area contributed by atoms with Gasteiger partial charge in [0.25, 0.3) is 0 Å². The predicted molar refractivity (Wildman–Crippen MR) is 74.6 cm³/mol. The summed E-state index contributed by atoms with van der Waals surface area (Å²) in [4.78, 5) is 18.0. The molecule has 1 unspecified atom stereocenters. The minimum Gasteiger partial charge on any atom is -0.394 e. The van der Waals surface area contributed by atoms with Crippen molar-refractivity contribution >= 4 is 23.0 Å². The van der Waals surface area contributed by atoms with Gasteiger partial charge in [0.2, 0.25) is 0 Å².